The fourth-order valence-electron chi connectivity index (χ4n) is 3.81. The molecule has 0 aliphatic carbocycles. The zero-order valence-corrected chi connectivity index (χ0v) is 16.7. The number of imidazole rings is 1. The van der Waals surface area contributed by atoms with E-state index < -0.39 is 10.8 Å². The average Bonchev–Trinajstić information content (AvgIpc) is 3.46. The van der Waals surface area contributed by atoms with Gasteiger partial charge in [-0.1, -0.05) is 42.5 Å². The third-order valence-corrected chi connectivity index (χ3v) is 5.35. The van der Waals surface area contributed by atoms with Gasteiger partial charge >= 0.3 is 0 Å². The number of non-ortho nitro benzene ring substituents is 1. The highest BCUT2D eigenvalue weighted by Gasteiger charge is 2.36. The number of aromatic nitrogens is 2. The molecule has 8 nitrogen and oxygen atoms in total. The van der Waals surface area contributed by atoms with E-state index in [0.717, 1.165) is 16.8 Å². The second-order valence-electron chi connectivity index (χ2n) is 7.33. The van der Waals surface area contributed by atoms with E-state index in [2.05, 4.69) is 15.3 Å². The SMILES string of the molecule is O=C1Nc2ccc([N+](=O)[O-])cc2C1C(=Nc1ccc(-c2cnc[nH]2)cc1)c1ccccc1. The van der Waals surface area contributed by atoms with Crippen LogP contribution in [-0.4, -0.2) is 26.5 Å². The Bertz CT molecular complexity index is 1330. The number of carbonyl (C=O) groups is 1. The Kier molecular flexibility index (Phi) is 4.79. The minimum Gasteiger partial charge on any atom is -0.345 e. The topological polar surface area (TPSA) is 113 Å². The first-order valence-electron chi connectivity index (χ1n) is 9.92. The zero-order chi connectivity index (χ0) is 22.1. The smallest absolute Gasteiger partial charge is 0.269 e. The Hall–Kier alpha value is -4.59. The molecule has 0 radical (unpaired) electrons. The molecule has 1 atom stereocenters. The van der Waals surface area contributed by atoms with Gasteiger partial charge in [0.2, 0.25) is 5.91 Å². The lowest BCUT2D eigenvalue weighted by molar-refractivity contribution is -0.384. The molecule has 3 aromatic carbocycles. The van der Waals surface area contributed by atoms with Crippen molar-refractivity contribution in [3.8, 4) is 11.3 Å². The van der Waals surface area contributed by atoms with Gasteiger partial charge in [-0.15, -0.1) is 0 Å². The van der Waals surface area contributed by atoms with E-state index >= 15 is 0 Å². The molecule has 5 rings (SSSR count). The molecule has 0 spiro atoms. The minimum atomic E-state index is -0.764. The highest BCUT2D eigenvalue weighted by Crippen LogP contribution is 2.38. The van der Waals surface area contributed by atoms with Gasteiger partial charge in [0.25, 0.3) is 5.69 Å². The van der Waals surface area contributed by atoms with Crippen molar-refractivity contribution in [2.45, 2.75) is 5.92 Å². The number of hydrogen-bond acceptors (Lipinski definition) is 5. The second-order valence-corrected chi connectivity index (χ2v) is 7.33. The van der Waals surface area contributed by atoms with Crippen molar-refractivity contribution in [1.82, 2.24) is 9.97 Å². The molecule has 32 heavy (non-hydrogen) atoms. The van der Waals surface area contributed by atoms with Gasteiger partial charge < -0.3 is 10.3 Å². The van der Waals surface area contributed by atoms with E-state index in [9.17, 15) is 14.9 Å². The molecule has 1 amide bonds. The van der Waals surface area contributed by atoms with Crippen LogP contribution in [0, 0.1) is 10.1 Å². The second kappa shape index (κ2) is 7.92. The van der Waals surface area contributed by atoms with E-state index in [1.54, 1.807) is 18.6 Å². The summed E-state index contributed by atoms with van der Waals surface area (Å²) in [6.45, 7) is 0. The van der Waals surface area contributed by atoms with Crippen LogP contribution < -0.4 is 5.32 Å². The molecule has 2 heterocycles. The molecule has 1 aliphatic heterocycles. The number of rotatable bonds is 5. The van der Waals surface area contributed by atoms with Crippen LogP contribution >= 0.6 is 0 Å². The number of nitrogens with zero attached hydrogens (tertiary/aromatic N) is 3. The van der Waals surface area contributed by atoms with Crippen LogP contribution in [-0.2, 0) is 4.79 Å². The average molecular weight is 423 g/mol. The summed E-state index contributed by atoms with van der Waals surface area (Å²) in [4.78, 5) is 35.7. The van der Waals surface area contributed by atoms with Crippen molar-refractivity contribution in [1.29, 1.82) is 0 Å². The number of fused-ring (bicyclic) bond motifs is 1. The lowest BCUT2D eigenvalue weighted by Crippen LogP contribution is -2.22. The molecular weight excluding hydrogens is 406 g/mol. The fourth-order valence-corrected chi connectivity index (χ4v) is 3.81. The van der Waals surface area contributed by atoms with Crippen LogP contribution in [0.25, 0.3) is 11.3 Å². The predicted molar refractivity (Wildman–Crippen MR) is 121 cm³/mol. The van der Waals surface area contributed by atoms with Crippen molar-refractivity contribution in [3.05, 3.63) is 107 Å². The summed E-state index contributed by atoms with van der Waals surface area (Å²) < 4.78 is 0. The summed E-state index contributed by atoms with van der Waals surface area (Å²) in [5.41, 5.74) is 4.84. The number of H-pyrrole nitrogens is 1. The van der Waals surface area contributed by atoms with Crippen molar-refractivity contribution in [2.75, 3.05) is 5.32 Å². The van der Waals surface area contributed by atoms with Crippen molar-refractivity contribution in [3.63, 3.8) is 0 Å². The van der Waals surface area contributed by atoms with E-state index in [1.165, 1.54) is 12.1 Å². The number of amides is 1. The predicted octanol–water partition coefficient (Wildman–Crippen LogP) is 4.84. The standard InChI is InChI=1S/C24H17N5O3/c30-24-22(19-12-18(29(31)32)10-11-20(19)28-24)23(16-4-2-1-3-5-16)27-17-8-6-15(7-9-17)21-13-25-14-26-21/h1-14,22H,(H,25,26)(H,28,30). The summed E-state index contributed by atoms with van der Waals surface area (Å²) >= 11 is 0. The molecule has 0 bridgehead atoms. The lowest BCUT2D eigenvalue weighted by atomic mass is 9.90. The van der Waals surface area contributed by atoms with Crippen LogP contribution in [0.4, 0.5) is 17.1 Å². The van der Waals surface area contributed by atoms with Crippen molar-refractivity contribution < 1.29 is 9.72 Å². The largest absolute Gasteiger partial charge is 0.345 e. The van der Waals surface area contributed by atoms with Crippen molar-refractivity contribution in [2.24, 2.45) is 4.99 Å². The maximum absolute atomic E-state index is 13.0. The van der Waals surface area contributed by atoms with Crippen LogP contribution in [0.1, 0.15) is 17.0 Å². The lowest BCUT2D eigenvalue weighted by Gasteiger charge is -2.14. The summed E-state index contributed by atoms with van der Waals surface area (Å²) in [5.74, 6) is -1.03. The summed E-state index contributed by atoms with van der Waals surface area (Å²) in [7, 11) is 0. The Morgan fingerprint density at radius 2 is 1.81 bits per heavy atom. The number of anilines is 1. The van der Waals surface area contributed by atoms with Gasteiger partial charge in [0.1, 0.15) is 5.92 Å². The number of nitrogens with one attached hydrogen (secondary N) is 2. The Morgan fingerprint density at radius 3 is 2.50 bits per heavy atom. The molecule has 2 N–H and O–H groups in total. The fraction of sp³-hybridized carbons (Fsp3) is 0.0417. The summed E-state index contributed by atoms with van der Waals surface area (Å²) in [5, 5.41) is 14.1. The van der Waals surface area contributed by atoms with Crippen molar-refractivity contribution >= 4 is 28.7 Å². The molecule has 4 aromatic rings. The Balaban J connectivity index is 1.61. The number of aromatic amines is 1. The number of nitro benzene ring substituents is 1. The molecule has 8 heteroatoms. The van der Waals surface area contributed by atoms with Gasteiger partial charge in [-0.2, -0.15) is 0 Å². The number of benzene rings is 3. The molecule has 0 fully saturated rings. The van der Waals surface area contributed by atoms with E-state index in [1.807, 2.05) is 54.6 Å². The minimum absolute atomic E-state index is 0.0680. The van der Waals surface area contributed by atoms with Gasteiger partial charge in [-0.3, -0.25) is 19.9 Å². The van der Waals surface area contributed by atoms with Gasteiger partial charge in [0.15, 0.2) is 0 Å². The van der Waals surface area contributed by atoms with E-state index in [-0.39, 0.29) is 11.6 Å². The quantitative estimate of drug-likeness (QED) is 0.272. The van der Waals surface area contributed by atoms with Crippen LogP contribution in [0.2, 0.25) is 0 Å². The Labute approximate surface area is 182 Å². The summed E-state index contributed by atoms with van der Waals surface area (Å²) in [6.07, 6.45) is 3.35. The first kappa shape index (κ1) is 19.4. The maximum Gasteiger partial charge on any atom is 0.269 e. The molecule has 1 aromatic heterocycles. The highest BCUT2D eigenvalue weighted by molar-refractivity contribution is 6.24. The first-order chi connectivity index (χ1) is 15.6. The van der Waals surface area contributed by atoms with Crippen LogP contribution in [0.15, 0.2) is 90.3 Å². The number of aliphatic imine (C=N–C) groups is 1. The van der Waals surface area contributed by atoms with E-state index in [0.29, 0.717) is 22.6 Å². The molecule has 156 valence electrons. The molecule has 0 saturated heterocycles. The number of nitro groups is 1. The molecule has 0 saturated carbocycles. The normalized spacial score (nSPS) is 15.3. The summed E-state index contributed by atoms with van der Waals surface area (Å²) in [6, 6.07) is 21.3. The van der Waals surface area contributed by atoms with Gasteiger partial charge in [-0.25, -0.2) is 4.98 Å². The van der Waals surface area contributed by atoms with Gasteiger partial charge in [0, 0.05) is 23.4 Å². The van der Waals surface area contributed by atoms with E-state index in [4.69, 9.17) is 4.99 Å². The maximum atomic E-state index is 13.0. The zero-order valence-electron chi connectivity index (χ0n) is 16.7. The Morgan fingerprint density at radius 1 is 1.03 bits per heavy atom. The first-order valence-corrected chi connectivity index (χ1v) is 9.92. The monoisotopic (exact) mass is 423 g/mol. The molecular formula is C24H17N5O3. The third kappa shape index (κ3) is 3.54. The number of hydrogen-bond donors (Lipinski definition) is 2. The van der Waals surface area contributed by atoms with Crippen LogP contribution in [0.5, 0.6) is 0 Å². The highest BCUT2D eigenvalue weighted by atomic mass is 16.6. The third-order valence-electron chi connectivity index (χ3n) is 5.35. The van der Waals surface area contributed by atoms with Gasteiger partial charge in [0.05, 0.1) is 34.5 Å². The van der Waals surface area contributed by atoms with Gasteiger partial charge in [-0.05, 0) is 29.3 Å². The number of carbonyl (C=O) groups excluding carboxylic acids is 1. The molecule has 1 aliphatic rings. The molecule has 1 unspecified atom stereocenters. The van der Waals surface area contributed by atoms with Crippen LogP contribution in [0.3, 0.4) is 0 Å².